The van der Waals surface area contributed by atoms with Crippen LogP contribution in [0.25, 0.3) is 0 Å². The van der Waals surface area contributed by atoms with Crippen molar-refractivity contribution in [3.8, 4) is 0 Å². The minimum Gasteiger partial charge on any atom is -0.392 e. The number of anilines is 1. The molecule has 38 heavy (non-hydrogen) atoms. The van der Waals surface area contributed by atoms with Gasteiger partial charge in [0.2, 0.25) is 11.8 Å². The predicted octanol–water partition coefficient (Wildman–Crippen LogP) is 4.53. The SMILES string of the molecule is O=C(CCCC(=O)Nc1cccc([C@@H]2O[C@H](CSc3ccccn3)C[C@H](c3ccc(CO)cc3)O2)c1)NO. The molecule has 9 nitrogen and oxygen atoms in total. The van der Waals surface area contributed by atoms with Crippen LogP contribution in [-0.2, 0) is 25.7 Å². The Morgan fingerprint density at radius 3 is 2.53 bits per heavy atom. The van der Waals surface area contributed by atoms with Gasteiger partial charge in [0.1, 0.15) is 0 Å². The van der Waals surface area contributed by atoms with Gasteiger partial charge < -0.3 is 19.9 Å². The van der Waals surface area contributed by atoms with Crippen LogP contribution < -0.4 is 10.8 Å². The van der Waals surface area contributed by atoms with Crippen molar-refractivity contribution >= 4 is 29.3 Å². The number of nitrogens with one attached hydrogen (secondary N) is 2. The highest BCUT2D eigenvalue weighted by Crippen LogP contribution is 2.39. The highest BCUT2D eigenvalue weighted by Gasteiger charge is 2.32. The third kappa shape index (κ3) is 8.11. The number of nitrogens with zero attached hydrogens (tertiary/aromatic N) is 1. The molecule has 1 aromatic heterocycles. The summed E-state index contributed by atoms with van der Waals surface area (Å²) in [4.78, 5) is 27.9. The van der Waals surface area contributed by atoms with Gasteiger partial charge in [-0.25, -0.2) is 10.5 Å². The number of carbonyl (C=O) groups excluding carboxylic acids is 2. The number of hydroxylamine groups is 1. The lowest BCUT2D eigenvalue weighted by Gasteiger charge is -2.36. The Hall–Kier alpha value is -3.28. The second-order valence-electron chi connectivity index (χ2n) is 8.89. The highest BCUT2D eigenvalue weighted by atomic mass is 32.2. The fraction of sp³-hybridized carbons (Fsp3) is 0.321. The minimum atomic E-state index is -0.647. The maximum absolute atomic E-state index is 12.3. The average molecular weight is 538 g/mol. The molecule has 200 valence electrons. The second-order valence-corrected chi connectivity index (χ2v) is 9.93. The number of benzene rings is 2. The van der Waals surface area contributed by atoms with Crippen molar-refractivity contribution in [2.24, 2.45) is 0 Å². The predicted molar refractivity (Wildman–Crippen MR) is 142 cm³/mol. The molecule has 10 heteroatoms. The molecule has 2 heterocycles. The molecule has 3 aromatic rings. The molecule has 2 aromatic carbocycles. The van der Waals surface area contributed by atoms with Gasteiger partial charge in [-0.1, -0.05) is 42.5 Å². The van der Waals surface area contributed by atoms with Crippen molar-refractivity contribution in [2.75, 3.05) is 11.1 Å². The molecule has 1 aliphatic rings. The molecule has 0 spiro atoms. The zero-order valence-corrected chi connectivity index (χ0v) is 21.6. The van der Waals surface area contributed by atoms with Crippen LogP contribution in [0.2, 0.25) is 0 Å². The maximum Gasteiger partial charge on any atom is 0.243 e. The smallest absolute Gasteiger partial charge is 0.243 e. The second kappa shape index (κ2) is 14.0. The van der Waals surface area contributed by atoms with Gasteiger partial charge in [-0.2, -0.15) is 0 Å². The van der Waals surface area contributed by atoms with E-state index in [4.69, 9.17) is 14.7 Å². The number of aromatic nitrogens is 1. The number of hydrogen-bond donors (Lipinski definition) is 4. The molecule has 0 aliphatic carbocycles. The molecule has 0 saturated carbocycles. The van der Waals surface area contributed by atoms with Crippen LogP contribution in [-0.4, -0.2) is 39.0 Å². The molecule has 1 aliphatic heterocycles. The lowest BCUT2D eigenvalue weighted by Crippen LogP contribution is -2.31. The zero-order chi connectivity index (χ0) is 26.7. The summed E-state index contributed by atoms with van der Waals surface area (Å²) < 4.78 is 12.8. The summed E-state index contributed by atoms with van der Waals surface area (Å²) in [6, 6.07) is 20.8. The molecule has 1 fully saturated rings. The molecular formula is C28H31N3O6S. The Bertz CT molecular complexity index is 1190. The summed E-state index contributed by atoms with van der Waals surface area (Å²) in [5.74, 6) is -0.0625. The van der Waals surface area contributed by atoms with E-state index in [1.54, 1.807) is 29.5 Å². The van der Waals surface area contributed by atoms with Gasteiger partial charge in [-0.05, 0) is 41.8 Å². The molecular weight excluding hydrogens is 506 g/mol. The molecule has 0 bridgehead atoms. The Labute approximate surface area is 225 Å². The van der Waals surface area contributed by atoms with E-state index < -0.39 is 12.2 Å². The van der Waals surface area contributed by atoms with Crippen LogP contribution in [0.4, 0.5) is 5.69 Å². The molecule has 3 atom stereocenters. The first-order valence-corrected chi connectivity index (χ1v) is 13.4. The third-order valence-electron chi connectivity index (χ3n) is 6.04. The van der Waals surface area contributed by atoms with Crippen LogP contribution in [0.3, 0.4) is 0 Å². The quantitative estimate of drug-likeness (QED) is 0.160. The molecule has 0 radical (unpaired) electrons. The van der Waals surface area contributed by atoms with Crippen molar-refractivity contribution in [1.82, 2.24) is 10.5 Å². The number of aliphatic hydroxyl groups excluding tert-OH is 1. The van der Waals surface area contributed by atoms with Crippen LogP contribution in [0.15, 0.2) is 78.0 Å². The zero-order valence-electron chi connectivity index (χ0n) is 20.8. The van der Waals surface area contributed by atoms with Gasteiger partial charge in [0.25, 0.3) is 0 Å². The first-order valence-electron chi connectivity index (χ1n) is 12.4. The highest BCUT2D eigenvalue weighted by molar-refractivity contribution is 7.99. The van der Waals surface area contributed by atoms with Crippen molar-refractivity contribution in [3.05, 3.63) is 89.6 Å². The van der Waals surface area contributed by atoms with Gasteiger partial charge in [0.15, 0.2) is 6.29 Å². The summed E-state index contributed by atoms with van der Waals surface area (Å²) >= 11 is 1.62. The Kier molecular flexibility index (Phi) is 10.2. The minimum absolute atomic E-state index is 0.0198. The number of ether oxygens (including phenoxy) is 2. The van der Waals surface area contributed by atoms with Crippen LogP contribution in [0.1, 0.15) is 54.8 Å². The Morgan fingerprint density at radius 2 is 1.79 bits per heavy atom. The standard InChI is InChI=1S/C28H31N3O6S/c32-17-19-10-12-20(13-11-19)24-16-23(18-38-27-9-1-2-14-29-27)36-28(37-24)21-5-3-6-22(15-21)30-25(33)7-4-8-26(34)31-35/h1-3,5-6,9-15,23-24,28,32,35H,4,7-8,16-18H2,(H,30,33)(H,31,34)/t23-,24+,28+/m0/s1. The molecule has 4 rings (SSSR count). The van der Waals surface area contributed by atoms with Gasteiger partial charge in [-0.3, -0.25) is 14.8 Å². The van der Waals surface area contributed by atoms with E-state index in [0.717, 1.165) is 21.7 Å². The fourth-order valence-corrected chi connectivity index (χ4v) is 4.97. The number of rotatable bonds is 11. The summed E-state index contributed by atoms with van der Waals surface area (Å²) in [5.41, 5.74) is 4.76. The normalized spacial score (nSPS) is 19.1. The molecule has 0 unspecified atom stereocenters. The largest absolute Gasteiger partial charge is 0.392 e. The van der Waals surface area contributed by atoms with Crippen LogP contribution >= 0.6 is 11.8 Å². The third-order valence-corrected chi connectivity index (χ3v) is 7.12. The van der Waals surface area contributed by atoms with E-state index in [1.807, 2.05) is 60.7 Å². The van der Waals surface area contributed by atoms with E-state index in [-0.39, 0.29) is 37.6 Å². The van der Waals surface area contributed by atoms with Crippen molar-refractivity contribution in [2.45, 2.75) is 55.8 Å². The number of aliphatic hydroxyl groups is 1. The van der Waals surface area contributed by atoms with Gasteiger partial charge in [0.05, 0.1) is 23.8 Å². The number of pyridine rings is 1. The number of thioether (sulfide) groups is 1. The topological polar surface area (TPSA) is 130 Å². The Morgan fingerprint density at radius 1 is 0.974 bits per heavy atom. The van der Waals surface area contributed by atoms with E-state index in [9.17, 15) is 14.7 Å². The van der Waals surface area contributed by atoms with Crippen molar-refractivity contribution in [3.63, 3.8) is 0 Å². The summed E-state index contributed by atoms with van der Waals surface area (Å²) in [6.07, 6.45) is 1.98. The molecule has 4 N–H and O–H groups in total. The average Bonchev–Trinajstić information content (AvgIpc) is 2.96. The lowest BCUT2D eigenvalue weighted by molar-refractivity contribution is -0.245. The maximum atomic E-state index is 12.3. The van der Waals surface area contributed by atoms with E-state index in [2.05, 4.69) is 10.3 Å². The van der Waals surface area contributed by atoms with E-state index in [0.29, 0.717) is 24.3 Å². The van der Waals surface area contributed by atoms with Gasteiger partial charge in [0, 0.05) is 42.5 Å². The van der Waals surface area contributed by atoms with Gasteiger partial charge in [-0.15, -0.1) is 11.8 Å². The van der Waals surface area contributed by atoms with E-state index in [1.165, 1.54) is 0 Å². The molecule has 1 saturated heterocycles. The van der Waals surface area contributed by atoms with Crippen molar-refractivity contribution < 1.29 is 29.4 Å². The van der Waals surface area contributed by atoms with Crippen LogP contribution in [0.5, 0.6) is 0 Å². The van der Waals surface area contributed by atoms with E-state index >= 15 is 0 Å². The number of carbonyl (C=O) groups is 2. The summed E-state index contributed by atoms with van der Waals surface area (Å²) in [5, 5.41) is 21.7. The monoisotopic (exact) mass is 537 g/mol. The van der Waals surface area contributed by atoms with Crippen molar-refractivity contribution in [1.29, 1.82) is 0 Å². The fourth-order valence-electron chi connectivity index (χ4n) is 4.09. The Balaban J connectivity index is 1.46. The first-order chi connectivity index (χ1) is 18.5. The summed E-state index contributed by atoms with van der Waals surface area (Å²) in [6.45, 7) is -0.0198. The first kappa shape index (κ1) is 27.7. The number of hydrogen-bond acceptors (Lipinski definition) is 8. The lowest BCUT2D eigenvalue weighted by atomic mass is 10.0. The molecule has 2 amide bonds. The van der Waals surface area contributed by atoms with Gasteiger partial charge >= 0.3 is 0 Å². The summed E-state index contributed by atoms with van der Waals surface area (Å²) in [7, 11) is 0. The van der Waals surface area contributed by atoms with Crippen LogP contribution in [0, 0.1) is 0 Å². The number of amides is 2.